The fraction of sp³-hybridized carbons (Fsp3) is 0.706. The van der Waals surface area contributed by atoms with Gasteiger partial charge in [-0.2, -0.15) is 0 Å². The summed E-state index contributed by atoms with van der Waals surface area (Å²) in [6.45, 7) is 8.07. The SMILES string of the molecule is CN=C(NCC(C)CN1CCCC1)N(C)CCc1cccs1.I. The lowest BCUT2D eigenvalue weighted by Crippen LogP contribution is -2.43. The van der Waals surface area contributed by atoms with Gasteiger partial charge >= 0.3 is 0 Å². The summed E-state index contributed by atoms with van der Waals surface area (Å²) >= 11 is 1.83. The van der Waals surface area contributed by atoms with Gasteiger partial charge in [-0.25, -0.2) is 0 Å². The van der Waals surface area contributed by atoms with Crippen LogP contribution in [0.5, 0.6) is 0 Å². The van der Waals surface area contributed by atoms with Crippen molar-refractivity contribution in [2.45, 2.75) is 26.2 Å². The van der Waals surface area contributed by atoms with Crippen LogP contribution in [0.3, 0.4) is 0 Å². The van der Waals surface area contributed by atoms with Crippen molar-refractivity contribution in [2.75, 3.05) is 46.8 Å². The van der Waals surface area contributed by atoms with Gasteiger partial charge in [0.2, 0.25) is 0 Å². The molecule has 4 nitrogen and oxygen atoms in total. The minimum absolute atomic E-state index is 0. The van der Waals surface area contributed by atoms with E-state index in [-0.39, 0.29) is 24.0 Å². The highest BCUT2D eigenvalue weighted by Crippen LogP contribution is 2.10. The first-order chi connectivity index (χ1) is 10.7. The largest absolute Gasteiger partial charge is 0.356 e. The second kappa shape index (κ2) is 11.3. The van der Waals surface area contributed by atoms with E-state index in [1.165, 1.54) is 37.4 Å². The first kappa shape index (κ1) is 20.7. The molecule has 1 fully saturated rings. The molecule has 1 aliphatic rings. The molecule has 23 heavy (non-hydrogen) atoms. The molecule has 1 unspecified atom stereocenters. The summed E-state index contributed by atoms with van der Waals surface area (Å²) in [5, 5.41) is 5.67. The van der Waals surface area contributed by atoms with Crippen LogP contribution < -0.4 is 5.32 Å². The Bertz CT molecular complexity index is 443. The molecule has 1 atom stereocenters. The summed E-state index contributed by atoms with van der Waals surface area (Å²) in [5.41, 5.74) is 0. The highest BCUT2D eigenvalue weighted by molar-refractivity contribution is 14.0. The number of guanidine groups is 1. The summed E-state index contributed by atoms with van der Waals surface area (Å²) in [4.78, 5) is 10.7. The van der Waals surface area contributed by atoms with Crippen LogP contribution >= 0.6 is 35.3 Å². The Morgan fingerprint density at radius 1 is 1.43 bits per heavy atom. The summed E-state index contributed by atoms with van der Waals surface area (Å²) in [6.07, 6.45) is 3.82. The standard InChI is InChI=1S/C17H30N4S.HI/c1-15(14-21-9-4-5-10-21)13-19-17(18-2)20(3)11-8-16-7-6-12-22-16;/h6-7,12,15H,4-5,8-11,13-14H2,1-3H3,(H,18,19);1H. The normalized spacial score (nSPS) is 16.9. The van der Waals surface area contributed by atoms with Crippen molar-refractivity contribution in [3.63, 3.8) is 0 Å². The monoisotopic (exact) mass is 450 g/mol. The van der Waals surface area contributed by atoms with Crippen LogP contribution in [-0.4, -0.2) is 62.6 Å². The maximum atomic E-state index is 4.41. The van der Waals surface area contributed by atoms with Gasteiger partial charge in [-0.1, -0.05) is 13.0 Å². The lowest BCUT2D eigenvalue weighted by molar-refractivity contribution is 0.286. The molecule has 132 valence electrons. The minimum Gasteiger partial charge on any atom is -0.356 e. The molecule has 1 aromatic heterocycles. The van der Waals surface area contributed by atoms with Gasteiger partial charge in [0.1, 0.15) is 0 Å². The van der Waals surface area contributed by atoms with Crippen LogP contribution in [0.25, 0.3) is 0 Å². The molecule has 1 aliphatic heterocycles. The molecule has 0 aromatic carbocycles. The molecule has 0 bridgehead atoms. The Morgan fingerprint density at radius 3 is 2.78 bits per heavy atom. The highest BCUT2D eigenvalue weighted by atomic mass is 127. The van der Waals surface area contributed by atoms with Gasteiger partial charge in [0.25, 0.3) is 0 Å². The number of likely N-dealkylation sites (tertiary alicyclic amines) is 1. The Kier molecular flexibility index (Phi) is 10.1. The van der Waals surface area contributed by atoms with Crippen molar-refractivity contribution in [1.29, 1.82) is 0 Å². The third kappa shape index (κ3) is 7.39. The number of likely N-dealkylation sites (N-methyl/N-ethyl adjacent to an activating group) is 1. The smallest absolute Gasteiger partial charge is 0.193 e. The second-order valence-corrected chi connectivity index (χ2v) is 7.32. The number of nitrogens with one attached hydrogen (secondary N) is 1. The second-order valence-electron chi connectivity index (χ2n) is 6.29. The van der Waals surface area contributed by atoms with Crippen molar-refractivity contribution in [3.05, 3.63) is 22.4 Å². The van der Waals surface area contributed by atoms with Crippen molar-refractivity contribution < 1.29 is 0 Å². The number of halogens is 1. The zero-order valence-corrected chi connectivity index (χ0v) is 17.8. The number of hydrogen-bond donors (Lipinski definition) is 1. The van der Waals surface area contributed by atoms with Crippen molar-refractivity contribution in [1.82, 2.24) is 15.1 Å². The molecule has 0 amide bonds. The predicted octanol–water partition coefficient (Wildman–Crippen LogP) is 3.15. The van der Waals surface area contributed by atoms with Crippen molar-refractivity contribution in [3.8, 4) is 0 Å². The van der Waals surface area contributed by atoms with Crippen molar-refractivity contribution >= 4 is 41.3 Å². The van der Waals surface area contributed by atoms with Gasteiger partial charge in [0.15, 0.2) is 5.96 Å². The molecule has 1 aromatic rings. The van der Waals surface area contributed by atoms with E-state index < -0.39 is 0 Å². The van der Waals surface area contributed by atoms with Crippen molar-refractivity contribution in [2.24, 2.45) is 10.9 Å². The Balaban J connectivity index is 0.00000264. The number of rotatable bonds is 7. The van der Waals surface area contributed by atoms with E-state index in [0.717, 1.165) is 25.5 Å². The highest BCUT2D eigenvalue weighted by Gasteiger charge is 2.15. The number of hydrogen-bond acceptors (Lipinski definition) is 3. The molecule has 1 saturated heterocycles. The Morgan fingerprint density at radius 2 is 2.17 bits per heavy atom. The fourth-order valence-electron chi connectivity index (χ4n) is 2.96. The zero-order chi connectivity index (χ0) is 15.8. The lowest BCUT2D eigenvalue weighted by atomic mass is 10.1. The fourth-order valence-corrected chi connectivity index (χ4v) is 3.66. The molecule has 6 heteroatoms. The van der Waals surface area contributed by atoms with E-state index in [0.29, 0.717) is 5.92 Å². The van der Waals surface area contributed by atoms with Gasteiger partial charge < -0.3 is 15.1 Å². The third-order valence-corrected chi connectivity index (χ3v) is 5.16. The number of nitrogens with zero attached hydrogens (tertiary/aromatic N) is 3. The van der Waals surface area contributed by atoms with Gasteiger partial charge in [-0.15, -0.1) is 35.3 Å². The van der Waals surface area contributed by atoms with Crippen LogP contribution in [0.1, 0.15) is 24.6 Å². The summed E-state index contributed by atoms with van der Waals surface area (Å²) in [7, 11) is 3.99. The molecule has 0 saturated carbocycles. The van der Waals surface area contributed by atoms with Gasteiger partial charge in [0.05, 0.1) is 0 Å². The molecule has 0 spiro atoms. The lowest BCUT2D eigenvalue weighted by Gasteiger charge is -2.25. The van der Waals surface area contributed by atoms with E-state index in [4.69, 9.17) is 0 Å². The molecule has 2 heterocycles. The van der Waals surface area contributed by atoms with Crippen LogP contribution in [0.4, 0.5) is 0 Å². The van der Waals surface area contributed by atoms with E-state index in [9.17, 15) is 0 Å². The number of thiophene rings is 1. The molecular weight excluding hydrogens is 419 g/mol. The molecule has 2 rings (SSSR count). The van der Waals surface area contributed by atoms with E-state index >= 15 is 0 Å². The summed E-state index contributed by atoms with van der Waals surface area (Å²) in [5.74, 6) is 1.66. The first-order valence-corrected chi connectivity index (χ1v) is 9.23. The molecule has 1 N–H and O–H groups in total. The van der Waals surface area contributed by atoms with Crippen LogP contribution in [0.2, 0.25) is 0 Å². The van der Waals surface area contributed by atoms with Gasteiger partial charge in [-0.3, -0.25) is 4.99 Å². The average Bonchev–Trinajstić information content (AvgIpc) is 3.19. The minimum atomic E-state index is 0. The van der Waals surface area contributed by atoms with E-state index in [1.54, 1.807) is 0 Å². The quantitative estimate of drug-likeness (QED) is 0.394. The van der Waals surface area contributed by atoms with Gasteiger partial charge in [-0.05, 0) is 49.7 Å². The summed E-state index contributed by atoms with van der Waals surface area (Å²) < 4.78 is 0. The summed E-state index contributed by atoms with van der Waals surface area (Å²) in [6, 6.07) is 4.32. The van der Waals surface area contributed by atoms with Crippen LogP contribution in [0, 0.1) is 5.92 Å². The van der Waals surface area contributed by atoms with E-state index in [1.807, 2.05) is 18.4 Å². The van der Waals surface area contributed by atoms with E-state index in [2.05, 4.69) is 51.6 Å². The topological polar surface area (TPSA) is 30.9 Å². The molecular formula is C17H31IN4S. The molecule has 0 aliphatic carbocycles. The number of aliphatic imine (C=N–C) groups is 1. The predicted molar refractivity (Wildman–Crippen MR) is 112 cm³/mol. The third-order valence-electron chi connectivity index (χ3n) is 4.22. The maximum absolute atomic E-state index is 4.41. The Labute approximate surface area is 162 Å². The first-order valence-electron chi connectivity index (χ1n) is 8.35. The van der Waals surface area contributed by atoms with Crippen LogP contribution in [-0.2, 0) is 6.42 Å². The molecule has 0 radical (unpaired) electrons. The van der Waals surface area contributed by atoms with Gasteiger partial charge in [0, 0.05) is 38.6 Å². The average molecular weight is 450 g/mol. The Hall–Kier alpha value is -0.340. The van der Waals surface area contributed by atoms with Crippen LogP contribution in [0.15, 0.2) is 22.5 Å². The zero-order valence-electron chi connectivity index (χ0n) is 14.6. The maximum Gasteiger partial charge on any atom is 0.193 e.